The van der Waals surface area contributed by atoms with Gasteiger partial charge in [-0.3, -0.25) is 9.78 Å². The Balaban J connectivity index is 1.69. The summed E-state index contributed by atoms with van der Waals surface area (Å²) < 4.78 is 6.10. The maximum absolute atomic E-state index is 11.7. The lowest BCUT2D eigenvalue weighted by Gasteiger charge is -2.13. The number of amides is 1. The van der Waals surface area contributed by atoms with Crippen LogP contribution in [-0.2, 0) is 11.2 Å². The highest BCUT2D eigenvalue weighted by Crippen LogP contribution is 2.37. The molecule has 1 aromatic carbocycles. The third-order valence-electron chi connectivity index (χ3n) is 4.12. The summed E-state index contributed by atoms with van der Waals surface area (Å²) in [6.45, 7) is 6.17. The summed E-state index contributed by atoms with van der Waals surface area (Å²) in [4.78, 5) is 16.2. The van der Waals surface area contributed by atoms with Crippen LogP contribution in [-0.4, -0.2) is 23.5 Å². The zero-order valence-electron chi connectivity index (χ0n) is 13.9. The number of nitrogens with zero attached hydrogens (tertiary/aromatic N) is 1. The highest BCUT2D eigenvalue weighted by atomic mass is 16.5. The summed E-state index contributed by atoms with van der Waals surface area (Å²) in [6.07, 6.45) is 5.56. The molecule has 1 N–H and O–H groups in total. The number of carbonyl (C=O) groups is 1. The van der Waals surface area contributed by atoms with Crippen LogP contribution in [0.1, 0.15) is 24.0 Å². The molecule has 1 aliphatic heterocycles. The van der Waals surface area contributed by atoms with Crippen LogP contribution in [0.3, 0.4) is 0 Å². The first-order valence-corrected chi connectivity index (χ1v) is 8.26. The number of rotatable bonds is 6. The van der Waals surface area contributed by atoms with Gasteiger partial charge in [-0.15, -0.1) is 6.58 Å². The molecule has 1 aromatic heterocycles. The third-order valence-corrected chi connectivity index (χ3v) is 4.12. The van der Waals surface area contributed by atoms with Crippen molar-refractivity contribution in [3.63, 3.8) is 0 Å². The number of aryl methyl sites for hydroxylation is 1. The van der Waals surface area contributed by atoms with Crippen LogP contribution in [0.4, 0.5) is 0 Å². The van der Waals surface area contributed by atoms with Gasteiger partial charge in [-0.2, -0.15) is 0 Å². The van der Waals surface area contributed by atoms with Crippen LogP contribution in [0, 0.1) is 6.92 Å². The lowest BCUT2D eigenvalue weighted by Crippen LogP contribution is -2.34. The maximum atomic E-state index is 11.7. The van der Waals surface area contributed by atoms with Crippen molar-refractivity contribution in [3.05, 3.63) is 60.3 Å². The van der Waals surface area contributed by atoms with E-state index in [-0.39, 0.29) is 12.0 Å². The average Bonchev–Trinajstić information content (AvgIpc) is 3.02. The van der Waals surface area contributed by atoms with Gasteiger partial charge in [0.15, 0.2) is 0 Å². The molecule has 0 unspecified atom stereocenters. The third kappa shape index (κ3) is 3.65. The predicted octanol–water partition coefficient (Wildman–Crippen LogP) is 3.44. The predicted molar refractivity (Wildman–Crippen MR) is 95.0 cm³/mol. The van der Waals surface area contributed by atoms with Crippen molar-refractivity contribution in [3.8, 4) is 17.0 Å². The molecule has 2 heterocycles. The smallest absolute Gasteiger partial charge is 0.220 e. The van der Waals surface area contributed by atoms with Crippen LogP contribution in [0.25, 0.3) is 11.3 Å². The van der Waals surface area contributed by atoms with Gasteiger partial charge in [0, 0.05) is 24.6 Å². The standard InChI is InChI=1S/C20H22N2O2/c1-3-4-8-19(23)22-13-16-11-15-6-5-7-17(20(15)24-16)18-10-9-14(2)12-21-18/h3,5-7,9-10,12,16H,1,4,8,11,13H2,2H3,(H,22,23)/t16-/m0/s1. The number of hydrogen-bond donors (Lipinski definition) is 1. The minimum Gasteiger partial charge on any atom is -0.487 e. The van der Waals surface area contributed by atoms with Crippen LogP contribution in [0.15, 0.2) is 49.2 Å². The number of benzene rings is 1. The summed E-state index contributed by atoms with van der Waals surface area (Å²) in [6, 6.07) is 10.2. The van der Waals surface area contributed by atoms with E-state index in [0.29, 0.717) is 19.4 Å². The lowest BCUT2D eigenvalue weighted by atomic mass is 10.0. The van der Waals surface area contributed by atoms with Gasteiger partial charge >= 0.3 is 0 Å². The first-order valence-electron chi connectivity index (χ1n) is 8.26. The Kier molecular flexibility index (Phi) is 4.94. The van der Waals surface area contributed by atoms with Crippen molar-refractivity contribution in [2.24, 2.45) is 0 Å². The number of nitrogens with one attached hydrogen (secondary N) is 1. The second kappa shape index (κ2) is 7.30. The Morgan fingerprint density at radius 3 is 3.04 bits per heavy atom. The van der Waals surface area contributed by atoms with Gasteiger partial charge in [0.1, 0.15) is 11.9 Å². The SMILES string of the molecule is C=CCCC(=O)NC[C@@H]1Cc2cccc(-c3ccc(C)cn3)c2O1. The van der Waals surface area contributed by atoms with E-state index in [9.17, 15) is 4.79 Å². The topological polar surface area (TPSA) is 51.2 Å². The lowest BCUT2D eigenvalue weighted by molar-refractivity contribution is -0.121. The summed E-state index contributed by atoms with van der Waals surface area (Å²) in [5.74, 6) is 0.925. The highest BCUT2D eigenvalue weighted by Gasteiger charge is 2.26. The zero-order valence-corrected chi connectivity index (χ0v) is 13.9. The normalized spacial score (nSPS) is 15.5. The molecule has 0 saturated carbocycles. The van der Waals surface area contributed by atoms with Gasteiger partial charge in [-0.1, -0.05) is 24.3 Å². The van der Waals surface area contributed by atoms with Gasteiger partial charge in [0.2, 0.25) is 5.91 Å². The maximum Gasteiger partial charge on any atom is 0.220 e. The molecule has 1 aliphatic rings. The van der Waals surface area contributed by atoms with Gasteiger partial charge < -0.3 is 10.1 Å². The minimum absolute atomic E-state index is 0.0284. The van der Waals surface area contributed by atoms with E-state index in [1.165, 1.54) is 5.56 Å². The van der Waals surface area contributed by atoms with E-state index in [2.05, 4.69) is 22.9 Å². The van der Waals surface area contributed by atoms with E-state index in [4.69, 9.17) is 4.74 Å². The molecule has 0 aliphatic carbocycles. The summed E-state index contributed by atoms with van der Waals surface area (Å²) >= 11 is 0. The number of aromatic nitrogens is 1. The monoisotopic (exact) mass is 322 g/mol. The Bertz CT molecular complexity index is 738. The molecule has 1 atom stereocenters. The number of carbonyl (C=O) groups excluding carboxylic acids is 1. The van der Waals surface area contributed by atoms with E-state index in [1.54, 1.807) is 6.08 Å². The van der Waals surface area contributed by atoms with Crippen molar-refractivity contribution < 1.29 is 9.53 Å². The number of hydrogen-bond acceptors (Lipinski definition) is 3. The van der Waals surface area contributed by atoms with Gasteiger partial charge in [-0.05, 0) is 36.6 Å². The van der Waals surface area contributed by atoms with Crippen molar-refractivity contribution >= 4 is 5.91 Å². The van der Waals surface area contributed by atoms with Crippen LogP contribution < -0.4 is 10.1 Å². The van der Waals surface area contributed by atoms with E-state index < -0.39 is 0 Å². The van der Waals surface area contributed by atoms with Gasteiger partial charge in [0.05, 0.1) is 12.2 Å². The second-order valence-corrected chi connectivity index (χ2v) is 6.09. The molecule has 4 nitrogen and oxygen atoms in total. The number of para-hydroxylation sites is 1. The minimum atomic E-state index is -0.0284. The van der Waals surface area contributed by atoms with Gasteiger partial charge in [0.25, 0.3) is 0 Å². The largest absolute Gasteiger partial charge is 0.487 e. The summed E-state index contributed by atoms with van der Waals surface area (Å²) in [5, 5.41) is 2.93. The fourth-order valence-corrected chi connectivity index (χ4v) is 2.83. The molecular formula is C20H22N2O2. The van der Waals surface area contributed by atoms with E-state index in [1.807, 2.05) is 37.4 Å². The summed E-state index contributed by atoms with van der Waals surface area (Å²) in [5.41, 5.74) is 4.22. The van der Waals surface area contributed by atoms with E-state index >= 15 is 0 Å². The molecule has 0 saturated heterocycles. The average molecular weight is 322 g/mol. The molecule has 0 spiro atoms. The van der Waals surface area contributed by atoms with Crippen LogP contribution >= 0.6 is 0 Å². The summed E-state index contributed by atoms with van der Waals surface area (Å²) in [7, 11) is 0. The number of allylic oxidation sites excluding steroid dienone is 1. The molecule has 24 heavy (non-hydrogen) atoms. The van der Waals surface area contributed by atoms with Crippen LogP contribution in [0.5, 0.6) is 5.75 Å². The van der Waals surface area contributed by atoms with Gasteiger partial charge in [-0.25, -0.2) is 0 Å². The van der Waals surface area contributed by atoms with Crippen LogP contribution in [0.2, 0.25) is 0 Å². The highest BCUT2D eigenvalue weighted by molar-refractivity contribution is 5.76. The van der Waals surface area contributed by atoms with Crippen molar-refractivity contribution in [2.45, 2.75) is 32.3 Å². The van der Waals surface area contributed by atoms with Crippen molar-refractivity contribution in [1.29, 1.82) is 0 Å². The fourth-order valence-electron chi connectivity index (χ4n) is 2.83. The number of pyridine rings is 1. The number of fused-ring (bicyclic) bond motifs is 1. The fraction of sp³-hybridized carbons (Fsp3) is 0.300. The molecule has 1 amide bonds. The molecule has 0 fully saturated rings. The molecule has 2 aromatic rings. The van der Waals surface area contributed by atoms with Crippen molar-refractivity contribution in [2.75, 3.05) is 6.54 Å². The van der Waals surface area contributed by atoms with Crippen molar-refractivity contribution in [1.82, 2.24) is 10.3 Å². The molecule has 4 heteroatoms. The molecule has 0 radical (unpaired) electrons. The quantitative estimate of drug-likeness (QED) is 0.829. The molecule has 0 bridgehead atoms. The first-order chi connectivity index (χ1) is 11.7. The first kappa shape index (κ1) is 16.2. The second-order valence-electron chi connectivity index (χ2n) is 6.09. The molecule has 3 rings (SSSR count). The Labute approximate surface area is 142 Å². The molecular weight excluding hydrogens is 300 g/mol. The zero-order chi connectivity index (χ0) is 16.9. The molecule has 124 valence electrons. The Morgan fingerprint density at radius 1 is 1.42 bits per heavy atom. The number of ether oxygens (including phenoxy) is 1. The Hall–Kier alpha value is -2.62. The Morgan fingerprint density at radius 2 is 2.29 bits per heavy atom. The van der Waals surface area contributed by atoms with E-state index in [0.717, 1.165) is 29.0 Å².